The fourth-order valence-corrected chi connectivity index (χ4v) is 1.61. The van der Waals surface area contributed by atoms with Gasteiger partial charge < -0.3 is 10.5 Å². The Morgan fingerprint density at radius 2 is 2.38 bits per heavy atom. The molecule has 0 amide bonds. The molecular weight excluding hydrogens is 220 g/mol. The second-order valence-electron chi connectivity index (χ2n) is 3.64. The standard InChI is InChI=1S/C12H18N2OS/c1-2-11(9-12(13)16)15-8-6-10-5-3-4-7-14-10/h3-5,7,11H,2,6,8-9H2,1H3,(H2,13,16). The Morgan fingerprint density at radius 3 is 2.94 bits per heavy atom. The topological polar surface area (TPSA) is 48.1 Å². The fourth-order valence-electron chi connectivity index (χ4n) is 1.42. The summed E-state index contributed by atoms with van der Waals surface area (Å²) in [5.41, 5.74) is 6.54. The first kappa shape index (κ1) is 13.1. The van der Waals surface area contributed by atoms with Crippen molar-refractivity contribution in [1.29, 1.82) is 0 Å². The van der Waals surface area contributed by atoms with Gasteiger partial charge in [0, 0.05) is 24.7 Å². The smallest absolute Gasteiger partial charge is 0.0753 e. The monoisotopic (exact) mass is 238 g/mol. The number of pyridine rings is 1. The van der Waals surface area contributed by atoms with E-state index in [1.165, 1.54) is 0 Å². The SMILES string of the molecule is CCC(CC(N)=S)OCCc1ccccn1. The van der Waals surface area contributed by atoms with E-state index in [1.54, 1.807) is 6.20 Å². The summed E-state index contributed by atoms with van der Waals surface area (Å²) in [4.78, 5) is 4.75. The third-order valence-corrected chi connectivity index (χ3v) is 2.49. The molecule has 1 heterocycles. The zero-order chi connectivity index (χ0) is 11.8. The van der Waals surface area contributed by atoms with Crippen LogP contribution in [0.1, 0.15) is 25.5 Å². The molecule has 16 heavy (non-hydrogen) atoms. The molecule has 0 fully saturated rings. The van der Waals surface area contributed by atoms with Crippen molar-refractivity contribution < 1.29 is 4.74 Å². The molecule has 3 nitrogen and oxygen atoms in total. The number of ether oxygens (including phenoxy) is 1. The van der Waals surface area contributed by atoms with E-state index in [2.05, 4.69) is 11.9 Å². The van der Waals surface area contributed by atoms with Crippen molar-refractivity contribution in [1.82, 2.24) is 4.98 Å². The van der Waals surface area contributed by atoms with E-state index >= 15 is 0 Å². The zero-order valence-corrected chi connectivity index (χ0v) is 10.4. The molecule has 0 aromatic carbocycles. The van der Waals surface area contributed by atoms with Crippen LogP contribution in [-0.2, 0) is 11.2 Å². The molecule has 1 aromatic rings. The Balaban J connectivity index is 2.26. The highest BCUT2D eigenvalue weighted by atomic mass is 32.1. The van der Waals surface area contributed by atoms with Gasteiger partial charge in [0.15, 0.2) is 0 Å². The lowest BCUT2D eigenvalue weighted by molar-refractivity contribution is 0.0577. The third kappa shape index (κ3) is 5.19. The van der Waals surface area contributed by atoms with Crippen LogP contribution in [0.2, 0.25) is 0 Å². The maximum atomic E-state index is 5.70. The molecule has 0 saturated carbocycles. The molecule has 88 valence electrons. The van der Waals surface area contributed by atoms with Gasteiger partial charge >= 0.3 is 0 Å². The predicted octanol–water partition coefficient (Wildman–Crippen LogP) is 2.10. The van der Waals surface area contributed by atoms with Crippen molar-refractivity contribution in [2.45, 2.75) is 32.3 Å². The van der Waals surface area contributed by atoms with E-state index in [1.807, 2.05) is 18.2 Å². The van der Waals surface area contributed by atoms with Crippen LogP contribution in [0.4, 0.5) is 0 Å². The largest absolute Gasteiger partial charge is 0.393 e. The first-order valence-electron chi connectivity index (χ1n) is 5.52. The summed E-state index contributed by atoms with van der Waals surface area (Å²) in [6.45, 7) is 2.74. The van der Waals surface area contributed by atoms with E-state index < -0.39 is 0 Å². The number of hydrogen-bond donors (Lipinski definition) is 1. The number of nitrogens with zero attached hydrogens (tertiary/aromatic N) is 1. The van der Waals surface area contributed by atoms with Gasteiger partial charge in [-0.05, 0) is 18.6 Å². The molecule has 4 heteroatoms. The first-order chi connectivity index (χ1) is 7.72. The molecule has 1 aromatic heterocycles. The molecule has 2 N–H and O–H groups in total. The van der Waals surface area contributed by atoms with E-state index in [9.17, 15) is 0 Å². The molecule has 1 atom stereocenters. The van der Waals surface area contributed by atoms with Gasteiger partial charge in [-0.3, -0.25) is 4.98 Å². The fraction of sp³-hybridized carbons (Fsp3) is 0.500. The lowest BCUT2D eigenvalue weighted by Gasteiger charge is -2.14. The molecule has 0 spiro atoms. The van der Waals surface area contributed by atoms with Crippen molar-refractivity contribution in [3.8, 4) is 0 Å². The van der Waals surface area contributed by atoms with Gasteiger partial charge in [0.05, 0.1) is 17.7 Å². The summed E-state index contributed by atoms with van der Waals surface area (Å²) in [5.74, 6) is 0. The third-order valence-electron chi connectivity index (χ3n) is 2.32. The van der Waals surface area contributed by atoms with Gasteiger partial charge in [-0.25, -0.2) is 0 Å². The minimum atomic E-state index is 0.140. The van der Waals surface area contributed by atoms with Crippen LogP contribution in [0.5, 0.6) is 0 Å². The highest BCUT2D eigenvalue weighted by Gasteiger charge is 2.07. The summed E-state index contributed by atoms with van der Waals surface area (Å²) in [5, 5.41) is 0. The van der Waals surface area contributed by atoms with Gasteiger partial charge in [-0.1, -0.05) is 25.2 Å². The Morgan fingerprint density at radius 1 is 1.56 bits per heavy atom. The lowest BCUT2D eigenvalue weighted by Crippen LogP contribution is -2.21. The lowest BCUT2D eigenvalue weighted by atomic mass is 10.2. The van der Waals surface area contributed by atoms with Crippen molar-refractivity contribution in [3.05, 3.63) is 30.1 Å². The highest BCUT2D eigenvalue weighted by molar-refractivity contribution is 7.80. The Bertz CT molecular complexity index is 316. The average molecular weight is 238 g/mol. The van der Waals surface area contributed by atoms with E-state index in [4.69, 9.17) is 22.7 Å². The van der Waals surface area contributed by atoms with Gasteiger partial charge in [-0.15, -0.1) is 0 Å². The molecule has 0 saturated heterocycles. The summed E-state index contributed by atoms with van der Waals surface area (Å²) >= 11 is 4.87. The van der Waals surface area contributed by atoms with Crippen molar-refractivity contribution in [2.24, 2.45) is 5.73 Å². The minimum Gasteiger partial charge on any atom is -0.393 e. The van der Waals surface area contributed by atoms with Crippen molar-refractivity contribution in [2.75, 3.05) is 6.61 Å². The molecule has 0 bridgehead atoms. The number of nitrogens with two attached hydrogens (primary N) is 1. The van der Waals surface area contributed by atoms with Crippen LogP contribution in [0.25, 0.3) is 0 Å². The molecule has 0 aliphatic rings. The first-order valence-corrected chi connectivity index (χ1v) is 5.93. The van der Waals surface area contributed by atoms with Gasteiger partial charge in [0.25, 0.3) is 0 Å². The van der Waals surface area contributed by atoms with E-state index in [-0.39, 0.29) is 6.10 Å². The van der Waals surface area contributed by atoms with E-state index in [0.29, 0.717) is 18.0 Å². The summed E-state index contributed by atoms with van der Waals surface area (Å²) < 4.78 is 5.70. The number of rotatable bonds is 7. The van der Waals surface area contributed by atoms with Gasteiger partial charge in [0.1, 0.15) is 0 Å². The summed E-state index contributed by atoms with van der Waals surface area (Å²) in [6.07, 6.45) is 4.35. The molecule has 1 unspecified atom stereocenters. The van der Waals surface area contributed by atoms with Crippen molar-refractivity contribution in [3.63, 3.8) is 0 Å². The van der Waals surface area contributed by atoms with Crippen LogP contribution in [0, 0.1) is 0 Å². The number of aromatic nitrogens is 1. The van der Waals surface area contributed by atoms with Crippen molar-refractivity contribution >= 4 is 17.2 Å². The van der Waals surface area contributed by atoms with Crippen LogP contribution in [0.15, 0.2) is 24.4 Å². The van der Waals surface area contributed by atoms with Crippen LogP contribution >= 0.6 is 12.2 Å². The minimum absolute atomic E-state index is 0.140. The van der Waals surface area contributed by atoms with Crippen LogP contribution in [-0.4, -0.2) is 22.7 Å². The molecule has 0 aliphatic carbocycles. The molecule has 0 aliphatic heterocycles. The van der Waals surface area contributed by atoms with Gasteiger partial charge in [-0.2, -0.15) is 0 Å². The van der Waals surface area contributed by atoms with Crippen LogP contribution < -0.4 is 5.73 Å². The Kier molecular flexibility index (Phi) is 5.96. The normalized spacial score (nSPS) is 12.3. The Hall–Kier alpha value is -1.00. The summed E-state index contributed by atoms with van der Waals surface area (Å²) in [6, 6.07) is 5.89. The molecule has 1 rings (SSSR count). The highest BCUT2D eigenvalue weighted by Crippen LogP contribution is 2.05. The maximum Gasteiger partial charge on any atom is 0.0753 e. The number of thiocarbonyl (C=S) groups is 1. The second-order valence-corrected chi connectivity index (χ2v) is 4.17. The second kappa shape index (κ2) is 7.30. The Labute approximate surface area is 102 Å². The molecular formula is C12H18N2OS. The number of hydrogen-bond acceptors (Lipinski definition) is 3. The summed E-state index contributed by atoms with van der Waals surface area (Å²) in [7, 11) is 0. The zero-order valence-electron chi connectivity index (χ0n) is 9.56. The van der Waals surface area contributed by atoms with Gasteiger partial charge in [0.2, 0.25) is 0 Å². The van der Waals surface area contributed by atoms with Crippen LogP contribution in [0.3, 0.4) is 0 Å². The quantitative estimate of drug-likeness (QED) is 0.739. The molecule has 0 radical (unpaired) electrons. The average Bonchev–Trinajstić information content (AvgIpc) is 2.28. The maximum absolute atomic E-state index is 5.70. The predicted molar refractivity (Wildman–Crippen MR) is 69.4 cm³/mol. The van der Waals surface area contributed by atoms with E-state index in [0.717, 1.165) is 18.5 Å².